The highest BCUT2D eigenvalue weighted by molar-refractivity contribution is 7.91. The van der Waals surface area contributed by atoms with Gasteiger partial charge in [0.1, 0.15) is 35.2 Å². The van der Waals surface area contributed by atoms with Crippen molar-refractivity contribution in [1.29, 1.82) is 0 Å². The Morgan fingerprint density at radius 1 is 1.07 bits per heavy atom. The lowest BCUT2D eigenvalue weighted by Gasteiger charge is -2.33. The molecule has 1 aromatic carbocycles. The predicted octanol–water partition coefficient (Wildman–Crippen LogP) is 4.96. The zero-order chi connectivity index (χ0) is 42.9. The van der Waals surface area contributed by atoms with Crippen LogP contribution in [0.3, 0.4) is 0 Å². The summed E-state index contributed by atoms with van der Waals surface area (Å²) in [5.74, 6) is -1.45. The van der Waals surface area contributed by atoms with Gasteiger partial charge in [-0.05, 0) is 106 Å². The summed E-state index contributed by atoms with van der Waals surface area (Å²) in [7, 11) is -2.37. The summed E-state index contributed by atoms with van der Waals surface area (Å²) in [4.78, 5) is 66.2. The van der Waals surface area contributed by atoms with Crippen molar-refractivity contribution >= 4 is 44.6 Å². The second-order valence-corrected chi connectivity index (χ2v) is 18.8. The molecule has 0 spiro atoms. The lowest BCUT2D eigenvalue weighted by atomic mass is 9.85. The number of carboxylic acid groups (broad SMARTS) is 1. The third-order valence-corrected chi connectivity index (χ3v) is 13.7. The van der Waals surface area contributed by atoms with E-state index in [9.17, 15) is 32.7 Å². The molecular formula is C43H54N6O10S. The number of hydrogen-bond donors (Lipinski definition) is 4. The molecule has 17 heteroatoms. The molecule has 3 fully saturated rings. The van der Waals surface area contributed by atoms with Gasteiger partial charge in [-0.2, -0.15) is 0 Å². The Kier molecular flexibility index (Phi) is 12.3. The van der Waals surface area contributed by atoms with E-state index in [-0.39, 0.29) is 43.2 Å². The van der Waals surface area contributed by atoms with E-state index in [0.29, 0.717) is 60.4 Å². The van der Waals surface area contributed by atoms with Gasteiger partial charge in [0.2, 0.25) is 27.7 Å². The zero-order valence-electron chi connectivity index (χ0n) is 34.6. The molecule has 7 rings (SSSR count). The fraction of sp³-hybridized carbons (Fsp3) is 0.535. The summed E-state index contributed by atoms with van der Waals surface area (Å²) in [6.07, 6.45) is 6.62. The number of carbonyl (C=O) groups excluding carboxylic acids is 3. The minimum absolute atomic E-state index is 0.0355. The molecule has 0 bridgehead atoms. The molecule has 2 aliphatic heterocycles. The monoisotopic (exact) mass is 846 g/mol. The van der Waals surface area contributed by atoms with Gasteiger partial charge in [-0.1, -0.05) is 32.4 Å². The standard InChI is InChI=1S/C43H54N6O10S/c1-6-26-17-25(4)9-7-8-10-28-21-43(28,41(52)48-60(55,56)32-13-14-32)47-38(50)36-20-31(23-49(36)40(51)37(26)46-42(53)54)59-39-33-15-11-29(57-5)18-27(33)19-35(45-39)34-16-12-30(22-44-34)58-24(2)3/h8,10-12,15-16,18-19,22,24-26,28,31-32,36-37,46H,6-7,9,13-14,17,20-21,23H2,1-5H3,(H,47,50)(H,48,52)(H,53,54)/t25-,26+,28+,31+,36-,37-,43+/m0/s1. The van der Waals surface area contributed by atoms with Crippen LogP contribution in [-0.2, 0) is 24.4 Å². The van der Waals surface area contributed by atoms with Gasteiger partial charge in [0, 0.05) is 17.7 Å². The van der Waals surface area contributed by atoms with E-state index < -0.39 is 68.7 Å². The van der Waals surface area contributed by atoms with Crippen molar-refractivity contribution in [3.8, 4) is 28.8 Å². The third kappa shape index (κ3) is 9.30. The number of nitrogens with one attached hydrogen (secondary N) is 3. The predicted molar refractivity (Wildman–Crippen MR) is 222 cm³/mol. The summed E-state index contributed by atoms with van der Waals surface area (Å²) in [6, 6.07) is 8.46. The topological polar surface area (TPSA) is 215 Å². The number of amides is 4. The van der Waals surface area contributed by atoms with Crippen LogP contribution in [0.4, 0.5) is 4.79 Å². The van der Waals surface area contributed by atoms with Gasteiger partial charge in [-0.25, -0.2) is 18.2 Å². The van der Waals surface area contributed by atoms with Crippen molar-refractivity contribution in [3.05, 3.63) is 54.7 Å². The van der Waals surface area contributed by atoms with E-state index in [0.717, 1.165) is 11.8 Å². The Balaban J connectivity index is 1.25. The highest BCUT2D eigenvalue weighted by Crippen LogP contribution is 2.46. The largest absolute Gasteiger partial charge is 0.497 e. The number of ether oxygens (including phenoxy) is 3. The SMILES string of the molecule is CC[C@@H]1C[C@@H](C)CCC=C[C@@H]2C[C@@]2(C(=O)NS(=O)(=O)C2CC2)NC(=O)[C@@H]2C[C@@H](Oc3nc(-c4ccc(OC(C)C)cn4)cc4cc(OC)ccc34)CN2C(=O)[C@H]1NC(=O)O. The smallest absolute Gasteiger partial charge is 0.405 e. The maximum absolute atomic E-state index is 14.8. The van der Waals surface area contributed by atoms with Crippen LogP contribution in [-0.4, -0.2) is 101 Å². The molecule has 1 saturated heterocycles. The van der Waals surface area contributed by atoms with E-state index >= 15 is 0 Å². The van der Waals surface area contributed by atoms with Crippen molar-refractivity contribution in [3.63, 3.8) is 0 Å². The van der Waals surface area contributed by atoms with Crippen LogP contribution in [0.5, 0.6) is 17.4 Å². The summed E-state index contributed by atoms with van der Waals surface area (Å²) < 4.78 is 46.0. The number of allylic oxidation sites excluding steroid dienone is 1. The fourth-order valence-corrected chi connectivity index (χ4v) is 9.80. The van der Waals surface area contributed by atoms with Crippen LogP contribution in [0.25, 0.3) is 22.2 Å². The Morgan fingerprint density at radius 3 is 2.50 bits per heavy atom. The second kappa shape index (κ2) is 17.3. The molecule has 3 aromatic rings. The summed E-state index contributed by atoms with van der Waals surface area (Å²) in [5.41, 5.74) is -0.541. The van der Waals surface area contributed by atoms with Gasteiger partial charge >= 0.3 is 6.09 Å². The minimum atomic E-state index is -3.94. The maximum atomic E-state index is 14.8. The summed E-state index contributed by atoms with van der Waals surface area (Å²) in [6.45, 7) is 7.68. The van der Waals surface area contributed by atoms with Crippen molar-refractivity contribution in [2.24, 2.45) is 17.8 Å². The molecule has 60 heavy (non-hydrogen) atoms. The number of carbonyl (C=O) groups is 4. The van der Waals surface area contributed by atoms with Gasteiger partial charge in [-0.15, -0.1) is 0 Å². The first-order valence-corrected chi connectivity index (χ1v) is 22.3. The summed E-state index contributed by atoms with van der Waals surface area (Å²) >= 11 is 0. The Labute approximate surface area is 349 Å². The lowest BCUT2D eigenvalue weighted by Crippen LogP contribution is -2.59. The van der Waals surface area contributed by atoms with Crippen LogP contribution in [0.2, 0.25) is 0 Å². The molecular weight excluding hydrogens is 793 g/mol. The normalized spacial score (nSPS) is 27.2. The van der Waals surface area contributed by atoms with Gasteiger partial charge in [0.05, 0.1) is 42.6 Å². The van der Waals surface area contributed by atoms with Crippen molar-refractivity contribution in [2.75, 3.05) is 13.7 Å². The number of nitrogens with zero attached hydrogens (tertiary/aromatic N) is 3. The van der Waals surface area contributed by atoms with Crippen molar-refractivity contribution in [1.82, 2.24) is 30.2 Å². The number of methoxy groups -OCH3 is 1. The van der Waals surface area contributed by atoms with Crippen LogP contribution < -0.4 is 29.6 Å². The Morgan fingerprint density at radius 2 is 1.83 bits per heavy atom. The second-order valence-electron chi connectivity index (χ2n) is 16.8. The first-order valence-electron chi connectivity index (χ1n) is 20.7. The molecule has 4 aliphatic rings. The van der Waals surface area contributed by atoms with Crippen LogP contribution in [0.15, 0.2) is 54.7 Å². The lowest BCUT2D eigenvalue weighted by molar-refractivity contribution is -0.142. The number of benzene rings is 1. The van der Waals surface area contributed by atoms with E-state index in [2.05, 4.69) is 20.3 Å². The minimum Gasteiger partial charge on any atom is -0.497 e. The van der Waals surface area contributed by atoms with E-state index in [4.69, 9.17) is 19.2 Å². The number of pyridine rings is 2. The highest BCUT2D eigenvalue weighted by atomic mass is 32.2. The van der Waals surface area contributed by atoms with E-state index in [1.165, 1.54) is 4.90 Å². The zero-order valence-corrected chi connectivity index (χ0v) is 35.4. The molecule has 322 valence electrons. The van der Waals surface area contributed by atoms with Gasteiger partial charge in [0.15, 0.2) is 0 Å². The molecule has 4 N–H and O–H groups in total. The molecule has 0 unspecified atom stereocenters. The number of sulfonamides is 1. The average Bonchev–Trinajstić information content (AvgIpc) is 4.14. The maximum Gasteiger partial charge on any atom is 0.405 e. The Hall–Kier alpha value is -5.45. The first kappa shape index (κ1) is 42.7. The van der Waals surface area contributed by atoms with Gasteiger partial charge in [0.25, 0.3) is 5.91 Å². The number of fused-ring (bicyclic) bond motifs is 3. The van der Waals surface area contributed by atoms with Crippen molar-refractivity contribution < 1.29 is 46.9 Å². The first-order chi connectivity index (χ1) is 28.6. The van der Waals surface area contributed by atoms with Crippen LogP contribution in [0.1, 0.15) is 79.1 Å². The average molecular weight is 847 g/mol. The molecule has 4 heterocycles. The number of aromatic nitrogens is 2. The molecule has 2 saturated carbocycles. The molecule has 2 aromatic heterocycles. The molecule has 4 amide bonds. The fourth-order valence-electron chi connectivity index (χ4n) is 8.43. The van der Waals surface area contributed by atoms with Crippen molar-refractivity contribution in [2.45, 2.75) is 114 Å². The highest BCUT2D eigenvalue weighted by Gasteiger charge is 2.62. The van der Waals surface area contributed by atoms with Gasteiger partial charge in [-0.3, -0.25) is 24.1 Å². The quantitative estimate of drug-likeness (QED) is 0.189. The Bertz CT molecular complexity index is 2270. The van der Waals surface area contributed by atoms with E-state index in [1.807, 2.05) is 52.0 Å². The molecule has 0 radical (unpaired) electrons. The molecule has 2 aliphatic carbocycles. The van der Waals surface area contributed by atoms with E-state index in [1.54, 1.807) is 37.6 Å². The summed E-state index contributed by atoms with van der Waals surface area (Å²) in [5, 5.41) is 16.0. The van der Waals surface area contributed by atoms with Gasteiger partial charge < -0.3 is 34.9 Å². The number of hydrogen-bond acceptors (Lipinski definition) is 11. The van der Waals surface area contributed by atoms with Crippen LogP contribution >= 0.6 is 0 Å². The third-order valence-electron chi connectivity index (χ3n) is 11.9. The number of rotatable bonds is 11. The molecule has 7 atom stereocenters. The molecule has 16 nitrogen and oxygen atoms in total. The van der Waals surface area contributed by atoms with Crippen LogP contribution in [0, 0.1) is 17.8 Å².